The zero-order valence-corrected chi connectivity index (χ0v) is 14.8. The van der Waals surface area contributed by atoms with E-state index in [9.17, 15) is 0 Å². The van der Waals surface area contributed by atoms with Gasteiger partial charge in [-0.3, -0.25) is 0 Å². The van der Waals surface area contributed by atoms with Gasteiger partial charge in [-0.15, -0.1) is 0 Å². The van der Waals surface area contributed by atoms with Crippen LogP contribution >= 0.6 is 0 Å². The molecular weight excluding hydrogens is 256 g/mol. The number of allylic oxidation sites excluding steroid dienone is 3. The van der Waals surface area contributed by atoms with Crippen molar-refractivity contribution in [3.8, 4) is 0 Å². The summed E-state index contributed by atoms with van der Waals surface area (Å²) < 4.78 is 0. The van der Waals surface area contributed by atoms with Crippen LogP contribution in [0.15, 0.2) is 22.8 Å². The average molecular weight is 290 g/mol. The predicted octanol–water partition coefficient (Wildman–Crippen LogP) is 5.65. The Kier molecular flexibility index (Phi) is 5.03. The van der Waals surface area contributed by atoms with Gasteiger partial charge in [-0.05, 0) is 69.1 Å². The molecule has 2 rings (SSSR count). The molecule has 21 heavy (non-hydrogen) atoms. The first-order valence-corrected chi connectivity index (χ1v) is 8.77. The van der Waals surface area contributed by atoms with Gasteiger partial charge in [-0.25, -0.2) is 0 Å². The van der Waals surface area contributed by atoms with Crippen molar-refractivity contribution in [1.29, 1.82) is 0 Å². The maximum atomic E-state index is 9.04. The average Bonchev–Trinajstić information content (AvgIpc) is 2.37. The minimum Gasteiger partial charge on any atom is -0.392 e. The van der Waals surface area contributed by atoms with Crippen molar-refractivity contribution in [3.05, 3.63) is 22.8 Å². The van der Waals surface area contributed by atoms with Gasteiger partial charge in [0, 0.05) is 0 Å². The Hall–Kier alpha value is -0.560. The molecule has 1 nitrogen and oxygen atoms in total. The quantitative estimate of drug-likeness (QED) is 0.663. The molecular formula is C20H34O. The van der Waals surface area contributed by atoms with Crippen LogP contribution in [-0.2, 0) is 0 Å². The third-order valence-electron chi connectivity index (χ3n) is 6.45. The molecule has 1 saturated carbocycles. The number of aliphatic hydroxyl groups is 1. The Morgan fingerprint density at radius 2 is 2.00 bits per heavy atom. The predicted molar refractivity (Wildman–Crippen MR) is 91.2 cm³/mol. The summed E-state index contributed by atoms with van der Waals surface area (Å²) in [5, 5.41) is 9.04. The van der Waals surface area contributed by atoms with Gasteiger partial charge < -0.3 is 5.11 Å². The third-order valence-corrected chi connectivity index (χ3v) is 6.45. The molecule has 0 aromatic heterocycles. The molecule has 0 amide bonds. The van der Waals surface area contributed by atoms with Crippen LogP contribution in [0.25, 0.3) is 0 Å². The van der Waals surface area contributed by atoms with Gasteiger partial charge in [-0.2, -0.15) is 0 Å². The Balaban J connectivity index is 2.23. The topological polar surface area (TPSA) is 20.2 Å². The molecule has 1 heteroatoms. The molecule has 0 spiro atoms. The van der Waals surface area contributed by atoms with Gasteiger partial charge >= 0.3 is 0 Å². The Morgan fingerprint density at radius 1 is 1.29 bits per heavy atom. The highest BCUT2D eigenvalue weighted by Gasteiger charge is 2.49. The maximum absolute atomic E-state index is 9.04. The van der Waals surface area contributed by atoms with Crippen molar-refractivity contribution < 1.29 is 5.11 Å². The lowest BCUT2D eigenvalue weighted by Crippen LogP contribution is -2.45. The number of aliphatic hydroxyl groups excluding tert-OH is 1. The van der Waals surface area contributed by atoms with Crippen LogP contribution in [0, 0.1) is 16.7 Å². The summed E-state index contributed by atoms with van der Waals surface area (Å²) in [4.78, 5) is 0. The lowest BCUT2D eigenvalue weighted by Gasteiger charge is -2.55. The molecule has 0 radical (unpaired) electrons. The molecule has 1 unspecified atom stereocenters. The van der Waals surface area contributed by atoms with Crippen LogP contribution in [0.2, 0.25) is 0 Å². The molecule has 0 heterocycles. The number of fused-ring (bicyclic) bond motifs is 1. The van der Waals surface area contributed by atoms with Crippen LogP contribution in [0.4, 0.5) is 0 Å². The van der Waals surface area contributed by atoms with Crippen molar-refractivity contribution in [3.63, 3.8) is 0 Å². The first-order valence-electron chi connectivity index (χ1n) is 8.77. The van der Waals surface area contributed by atoms with E-state index in [4.69, 9.17) is 5.11 Å². The van der Waals surface area contributed by atoms with Crippen LogP contribution in [-0.4, -0.2) is 11.7 Å². The highest BCUT2D eigenvalue weighted by Crippen LogP contribution is 2.60. The highest BCUT2D eigenvalue weighted by atomic mass is 16.2. The van der Waals surface area contributed by atoms with Crippen molar-refractivity contribution in [2.24, 2.45) is 16.7 Å². The standard InChI is InChI=1S/C20H34O/c1-15(11-14-21)7-9-17-16(2)8-10-18-19(3,4)12-6-13-20(17,18)5/h11,18,21H,6-10,12-14H2,1-5H3/b15-11+/t18?,20-/m1/s1. The Labute approximate surface area is 131 Å². The molecule has 0 aliphatic heterocycles. The lowest BCUT2D eigenvalue weighted by atomic mass is 9.50. The first kappa shape index (κ1) is 16.8. The third kappa shape index (κ3) is 3.28. The largest absolute Gasteiger partial charge is 0.392 e. The molecule has 0 saturated heterocycles. The fraction of sp³-hybridized carbons (Fsp3) is 0.800. The molecule has 1 fully saturated rings. The molecule has 120 valence electrons. The van der Waals surface area contributed by atoms with Crippen LogP contribution in [0.1, 0.15) is 79.6 Å². The molecule has 2 atom stereocenters. The van der Waals surface area contributed by atoms with Gasteiger partial charge in [0.05, 0.1) is 6.61 Å². The van der Waals surface area contributed by atoms with Gasteiger partial charge in [0.1, 0.15) is 0 Å². The molecule has 0 aromatic rings. The van der Waals surface area contributed by atoms with E-state index in [-0.39, 0.29) is 6.61 Å². The monoisotopic (exact) mass is 290 g/mol. The number of hydrogen-bond donors (Lipinski definition) is 1. The zero-order chi connectivity index (χ0) is 15.7. The number of rotatable bonds is 4. The van der Waals surface area contributed by atoms with Crippen molar-refractivity contribution in [2.45, 2.75) is 79.6 Å². The second kappa shape index (κ2) is 6.28. The molecule has 0 aromatic carbocycles. The minimum atomic E-state index is 0.177. The van der Waals surface area contributed by atoms with Gasteiger partial charge in [-0.1, -0.05) is 50.0 Å². The SMILES string of the molecule is CC1=C(CC/C(C)=C/CO)[C@@]2(C)CCCC(C)(C)C2CC1. The second-order valence-electron chi connectivity index (χ2n) is 8.34. The summed E-state index contributed by atoms with van der Waals surface area (Å²) in [5.74, 6) is 0.847. The minimum absolute atomic E-state index is 0.177. The summed E-state index contributed by atoms with van der Waals surface area (Å²) >= 11 is 0. The van der Waals surface area contributed by atoms with Crippen molar-refractivity contribution in [2.75, 3.05) is 6.61 Å². The smallest absolute Gasteiger partial charge is 0.0614 e. The van der Waals surface area contributed by atoms with E-state index in [1.54, 1.807) is 11.1 Å². The molecule has 2 aliphatic carbocycles. The molecule has 1 N–H and O–H groups in total. The second-order valence-corrected chi connectivity index (χ2v) is 8.34. The maximum Gasteiger partial charge on any atom is 0.0614 e. The normalized spacial score (nSPS) is 33.0. The Morgan fingerprint density at radius 3 is 2.67 bits per heavy atom. The van der Waals surface area contributed by atoms with Crippen LogP contribution in [0.3, 0.4) is 0 Å². The zero-order valence-electron chi connectivity index (χ0n) is 14.8. The summed E-state index contributed by atoms with van der Waals surface area (Å²) in [7, 11) is 0. The van der Waals surface area contributed by atoms with E-state index < -0.39 is 0 Å². The Bertz CT molecular complexity index is 441. The van der Waals surface area contributed by atoms with Crippen LogP contribution < -0.4 is 0 Å². The van der Waals surface area contributed by atoms with Gasteiger partial charge in [0.15, 0.2) is 0 Å². The van der Waals surface area contributed by atoms with E-state index in [2.05, 4.69) is 34.6 Å². The summed E-state index contributed by atoms with van der Waals surface area (Å²) in [6.07, 6.45) is 11.1. The first-order chi connectivity index (χ1) is 9.81. The molecule has 2 aliphatic rings. The van der Waals surface area contributed by atoms with Crippen molar-refractivity contribution >= 4 is 0 Å². The fourth-order valence-electron chi connectivity index (χ4n) is 5.27. The summed E-state index contributed by atoms with van der Waals surface area (Å²) in [5.41, 5.74) is 5.65. The molecule has 0 bridgehead atoms. The van der Waals surface area contributed by atoms with E-state index in [0.717, 1.165) is 12.3 Å². The van der Waals surface area contributed by atoms with E-state index in [1.807, 2.05) is 6.08 Å². The number of hydrogen-bond acceptors (Lipinski definition) is 1. The van der Waals surface area contributed by atoms with E-state index >= 15 is 0 Å². The van der Waals surface area contributed by atoms with Crippen molar-refractivity contribution in [1.82, 2.24) is 0 Å². The van der Waals surface area contributed by atoms with E-state index in [0.29, 0.717) is 10.8 Å². The highest BCUT2D eigenvalue weighted by molar-refractivity contribution is 5.28. The van der Waals surface area contributed by atoms with Gasteiger partial charge in [0.25, 0.3) is 0 Å². The fourth-order valence-corrected chi connectivity index (χ4v) is 5.27. The van der Waals surface area contributed by atoms with Crippen LogP contribution in [0.5, 0.6) is 0 Å². The van der Waals surface area contributed by atoms with Gasteiger partial charge in [0.2, 0.25) is 0 Å². The lowest BCUT2D eigenvalue weighted by molar-refractivity contribution is 0.0105. The van der Waals surface area contributed by atoms with E-state index in [1.165, 1.54) is 44.1 Å². The summed E-state index contributed by atoms with van der Waals surface area (Å²) in [6, 6.07) is 0. The summed E-state index contributed by atoms with van der Waals surface area (Å²) in [6.45, 7) is 12.2.